The van der Waals surface area contributed by atoms with Gasteiger partial charge in [0.1, 0.15) is 12.4 Å². The molecule has 0 aromatic heterocycles. The molecule has 1 heterocycles. The molecule has 1 aliphatic rings. The molecule has 106 valence electrons. The molecule has 0 spiro atoms. The van der Waals surface area contributed by atoms with E-state index in [1.165, 1.54) is 11.1 Å². The number of nitrogens with zero attached hydrogens (tertiary/aromatic N) is 2. The molecule has 2 aromatic rings. The summed E-state index contributed by atoms with van der Waals surface area (Å²) in [6.07, 6.45) is 3.03. The lowest BCUT2D eigenvalue weighted by Gasteiger charge is -2.29. The molecular formula is C18H18N2O. The molecule has 1 unspecified atom stereocenters. The summed E-state index contributed by atoms with van der Waals surface area (Å²) in [7, 11) is 1.82. The van der Waals surface area contributed by atoms with E-state index in [-0.39, 0.29) is 5.41 Å². The Morgan fingerprint density at radius 3 is 2.62 bits per heavy atom. The van der Waals surface area contributed by atoms with Gasteiger partial charge in [0.25, 0.3) is 0 Å². The zero-order valence-electron chi connectivity index (χ0n) is 12.1. The summed E-state index contributed by atoms with van der Waals surface area (Å²) >= 11 is 0. The molecule has 0 amide bonds. The topological polar surface area (TPSA) is 36.3 Å². The van der Waals surface area contributed by atoms with E-state index in [0.717, 1.165) is 12.2 Å². The molecule has 0 radical (unpaired) electrons. The first kappa shape index (κ1) is 13.5. The number of fused-ring (bicyclic) bond motifs is 1. The molecule has 0 N–H and O–H groups in total. The highest BCUT2D eigenvalue weighted by Gasteiger charge is 2.41. The molecule has 1 atom stereocenters. The first-order valence-corrected chi connectivity index (χ1v) is 7.15. The third-order valence-electron chi connectivity index (χ3n) is 4.25. The Kier molecular flexibility index (Phi) is 3.53. The van der Waals surface area contributed by atoms with Gasteiger partial charge in [-0.1, -0.05) is 48.5 Å². The molecule has 3 nitrogen and oxygen atoms in total. The molecule has 0 saturated carbocycles. The second-order valence-electron chi connectivity index (χ2n) is 5.50. The van der Waals surface area contributed by atoms with Crippen molar-refractivity contribution in [3.05, 3.63) is 65.7 Å². The van der Waals surface area contributed by atoms with E-state index in [1.807, 2.05) is 25.2 Å². The van der Waals surface area contributed by atoms with Crippen LogP contribution in [0.4, 0.5) is 0 Å². The van der Waals surface area contributed by atoms with Crippen molar-refractivity contribution < 1.29 is 4.74 Å². The van der Waals surface area contributed by atoms with Crippen molar-refractivity contribution in [3.63, 3.8) is 0 Å². The second-order valence-corrected chi connectivity index (χ2v) is 5.50. The molecule has 21 heavy (non-hydrogen) atoms. The molecule has 0 aliphatic carbocycles. The van der Waals surface area contributed by atoms with Crippen LogP contribution in [0.25, 0.3) is 0 Å². The fourth-order valence-electron chi connectivity index (χ4n) is 3.02. The minimum absolute atomic E-state index is 0.164. The third-order valence-corrected chi connectivity index (χ3v) is 4.25. The van der Waals surface area contributed by atoms with Gasteiger partial charge in [-0.15, -0.1) is 0 Å². The van der Waals surface area contributed by atoms with Gasteiger partial charge in [0, 0.05) is 19.2 Å². The van der Waals surface area contributed by atoms with Crippen molar-refractivity contribution >= 4 is 0 Å². The standard InChI is InChI=1S/C18H18N2O/c1-20(14-19)12-11-18(15-7-3-2-4-8-15)13-21-17-10-6-5-9-16(17)18/h2-10H,11-13H2,1H3. The Hall–Kier alpha value is -2.47. The molecule has 3 heteroatoms. The summed E-state index contributed by atoms with van der Waals surface area (Å²) in [5.41, 5.74) is 2.31. The highest BCUT2D eigenvalue weighted by Crippen LogP contribution is 2.45. The zero-order chi connectivity index (χ0) is 14.7. The first-order valence-electron chi connectivity index (χ1n) is 7.15. The largest absolute Gasteiger partial charge is 0.492 e. The highest BCUT2D eigenvalue weighted by atomic mass is 16.5. The summed E-state index contributed by atoms with van der Waals surface area (Å²) in [6.45, 7) is 1.35. The summed E-state index contributed by atoms with van der Waals surface area (Å²) < 4.78 is 5.93. The van der Waals surface area contributed by atoms with E-state index in [0.29, 0.717) is 13.2 Å². The third kappa shape index (κ3) is 2.34. The van der Waals surface area contributed by atoms with Crippen molar-refractivity contribution in [2.75, 3.05) is 20.2 Å². The summed E-state index contributed by atoms with van der Waals surface area (Å²) in [5, 5.41) is 9.00. The van der Waals surface area contributed by atoms with Crippen LogP contribution in [0.2, 0.25) is 0 Å². The van der Waals surface area contributed by atoms with Crippen LogP contribution < -0.4 is 4.74 Å². The lowest BCUT2D eigenvalue weighted by molar-refractivity contribution is 0.269. The van der Waals surface area contributed by atoms with Gasteiger partial charge in [0.05, 0.1) is 5.41 Å². The summed E-state index contributed by atoms with van der Waals surface area (Å²) in [4.78, 5) is 1.67. The Balaban J connectivity index is 2.03. The zero-order valence-corrected chi connectivity index (χ0v) is 12.1. The molecule has 2 aromatic carbocycles. The van der Waals surface area contributed by atoms with Gasteiger partial charge >= 0.3 is 0 Å². The van der Waals surface area contributed by atoms with Gasteiger partial charge in [-0.25, -0.2) is 0 Å². The van der Waals surface area contributed by atoms with Crippen LogP contribution in [0.15, 0.2) is 54.6 Å². The Labute approximate surface area is 125 Å². The average Bonchev–Trinajstić information content (AvgIpc) is 2.93. The summed E-state index contributed by atoms with van der Waals surface area (Å²) in [6, 6.07) is 18.7. The maximum absolute atomic E-state index is 9.00. The van der Waals surface area contributed by atoms with Crippen molar-refractivity contribution in [2.45, 2.75) is 11.8 Å². The minimum Gasteiger partial charge on any atom is -0.492 e. The molecule has 0 saturated heterocycles. The number of para-hydroxylation sites is 1. The molecule has 0 fully saturated rings. The number of hydrogen-bond donors (Lipinski definition) is 0. The summed E-state index contributed by atoms with van der Waals surface area (Å²) in [5.74, 6) is 0.959. The van der Waals surface area contributed by atoms with E-state index in [2.05, 4.69) is 42.6 Å². The van der Waals surface area contributed by atoms with Crippen molar-refractivity contribution in [2.24, 2.45) is 0 Å². The van der Waals surface area contributed by atoms with E-state index in [9.17, 15) is 0 Å². The van der Waals surface area contributed by atoms with E-state index < -0.39 is 0 Å². The van der Waals surface area contributed by atoms with E-state index in [4.69, 9.17) is 10.00 Å². The van der Waals surface area contributed by atoms with Crippen LogP contribution >= 0.6 is 0 Å². The number of hydrogen-bond acceptors (Lipinski definition) is 3. The highest BCUT2D eigenvalue weighted by molar-refractivity contribution is 5.50. The monoisotopic (exact) mass is 278 g/mol. The van der Waals surface area contributed by atoms with Gasteiger partial charge in [0.15, 0.2) is 6.19 Å². The predicted octanol–water partition coefficient (Wildman–Crippen LogP) is 3.17. The molecule has 0 bridgehead atoms. The van der Waals surface area contributed by atoms with Crippen LogP contribution in [-0.2, 0) is 5.41 Å². The van der Waals surface area contributed by atoms with Gasteiger partial charge in [-0.2, -0.15) is 5.26 Å². The van der Waals surface area contributed by atoms with Gasteiger partial charge in [-0.05, 0) is 18.1 Å². The van der Waals surface area contributed by atoms with Crippen molar-refractivity contribution in [3.8, 4) is 11.9 Å². The van der Waals surface area contributed by atoms with E-state index in [1.54, 1.807) is 4.90 Å². The fraction of sp³-hybridized carbons (Fsp3) is 0.278. The second kappa shape index (κ2) is 5.49. The Bertz CT molecular complexity index is 662. The average molecular weight is 278 g/mol. The minimum atomic E-state index is -0.164. The van der Waals surface area contributed by atoms with Gasteiger partial charge in [-0.3, -0.25) is 0 Å². The lowest BCUT2D eigenvalue weighted by Crippen LogP contribution is -2.33. The lowest BCUT2D eigenvalue weighted by atomic mass is 9.73. The number of benzene rings is 2. The predicted molar refractivity (Wildman–Crippen MR) is 82.0 cm³/mol. The molecular weight excluding hydrogens is 260 g/mol. The normalized spacial score (nSPS) is 19.4. The van der Waals surface area contributed by atoms with Crippen LogP contribution in [0, 0.1) is 11.5 Å². The van der Waals surface area contributed by atoms with Crippen molar-refractivity contribution in [1.29, 1.82) is 5.26 Å². The smallest absolute Gasteiger partial charge is 0.179 e. The number of nitriles is 1. The maximum Gasteiger partial charge on any atom is 0.179 e. The molecule has 1 aliphatic heterocycles. The Morgan fingerprint density at radius 2 is 1.86 bits per heavy atom. The van der Waals surface area contributed by atoms with Crippen LogP contribution in [-0.4, -0.2) is 25.1 Å². The maximum atomic E-state index is 9.00. The number of rotatable bonds is 4. The quantitative estimate of drug-likeness (QED) is 0.636. The van der Waals surface area contributed by atoms with Crippen LogP contribution in [0.5, 0.6) is 5.75 Å². The van der Waals surface area contributed by atoms with Crippen LogP contribution in [0.1, 0.15) is 17.5 Å². The van der Waals surface area contributed by atoms with Crippen molar-refractivity contribution in [1.82, 2.24) is 4.90 Å². The number of ether oxygens (including phenoxy) is 1. The SMILES string of the molecule is CN(C#N)CCC1(c2ccccc2)COc2ccccc21. The first-order chi connectivity index (χ1) is 10.3. The van der Waals surface area contributed by atoms with E-state index >= 15 is 0 Å². The fourth-order valence-corrected chi connectivity index (χ4v) is 3.02. The van der Waals surface area contributed by atoms with Crippen LogP contribution in [0.3, 0.4) is 0 Å². The van der Waals surface area contributed by atoms with Gasteiger partial charge < -0.3 is 9.64 Å². The van der Waals surface area contributed by atoms with Gasteiger partial charge in [0.2, 0.25) is 0 Å². The Morgan fingerprint density at radius 1 is 1.14 bits per heavy atom. The molecule has 3 rings (SSSR count).